The monoisotopic (exact) mass is 244 g/mol. The van der Waals surface area contributed by atoms with Crippen LogP contribution >= 0.6 is 0 Å². The molecule has 0 bridgehead atoms. The van der Waals surface area contributed by atoms with E-state index in [2.05, 4.69) is 0 Å². The summed E-state index contributed by atoms with van der Waals surface area (Å²) in [5.74, 6) is -0.490. The predicted octanol–water partition coefficient (Wildman–Crippen LogP) is 0.442. The topological polar surface area (TPSA) is 80.9 Å². The molecule has 100 valence electrons. The second kappa shape index (κ2) is 4.69. The summed E-state index contributed by atoms with van der Waals surface area (Å²) in [4.78, 5) is 0. The lowest BCUT2D eigenvalue weighted by Crippen LogP contribution is -2.60. The van der Waals surface area contributed by atoms with E-state index in [0.29, 0.717) is 6.42 Å². The lowest BCUT2D eigenvalue weighted by Gasteiger charge is -2.52. The van der Waals surface area contributed by atoms with Gasteiger partial charge in [0, 0.05) is 11.3 Å². The first-order valence-electron chi connectivity index (χ1n) is 6.08. The van der Waals surface area contributed by atoms with Gasteiger partial charge in [0.2, 0.25) is 0 Å². The summed E-state index contributed by atoms with van der Waals surface area (Å²) in [5.41, 5.74) is -1.79. The van der Waals surface area contributed by atoms with E-state index in [4.69, 9.17) is 0 Å². The molecule has 1 saturated carbocycles. The number of hydrogen-bond donors (Lipinski definition) is 4. The van der Waals surface area contributed by atoms with E-state index in [1.54, 1.807) is 19.9 Å². The van der Waals surface area contributed by atoms with Gasteiger partial charge in [0.05, 0.1) is 23.9 Å². The van der Waals surface area contributed by atoms with Crippen LogP contribution in [-0.4, -0.2) is 44.3 Å². The Bertz CT molecular complexity index is 298. The van der Waals surface area contributed by atoms with Crippen LogP contribution < -0.4 is 0 Å². The van der Waals surface area contributed by atoms with Crippen LogP contribution in [0.3, 0.4) is 0 Å². The minimum absolute atomic E-state index is 0.319. The fourth-order valence-corrected chi connectivity index (χ4v) is 2.68. The van der Waals surface area contributed by atoms with E-state index in [9.17, 15) is 20.4 Å². The quantitative estimate of drug-likeness (QED) is 0.531. The molecule has 4 N–H and O–H groups in total. The average Bonchev–Trinajstić information content (AvgIpc) is 2.21. The summed E-state index contributed by atoms with van der Waals surface area (Å²) in [6, 6.07) is 0. The molecule has 4 nitrogen and oxygen atoms in total. The minimum Gasteiger partial charge on any atom is -0.390 e. The minimum atomic E-state index is -1.23. The van der Waals surface area contributed by atoms with E-state index in [-0.39, 0.29) is 0 Å². The smallest absolute Gasteiger partial charge is 0.0931 e. The Balaban J connectivity index is 3.08. The SMILES string of the molecule is C[C@@H]1[C@@H](O)[C@H](O)CC(C)(C)[C@@]1(O)C=C[C@@H](C)O. The van der Waals surface area contributed by atoms with Gasteiger partial charge in [-0.05, 0) is 13.3 Å². The maximum atomic E-state index is 10.7. The highest BCUT2D eigenvalue weighted by Gasteiger charge is 2.54. The highest BCUT2D eigenvalue weighted by molar-refractivity contribution is 5.17. The highest BCUT2D eigenvalue weighted by Crippen LogP contribution is 2.48. The van der Waals surface area contributed by atoms with Crippen molar-refractivity contribution >= 4 is 0 Å². The Kier molecular flexibility index (Phi) is 4.04. The molecule has 0 amide bonds. The summed E-state index contributed by atoms with van der Waals surface area (Å²) in [7, 11) is 0. The molecule has 0 radical (unpaired) electrons. The Morgan fingerprint density at radius 3 is 2.29 bits per heavy atom. The third-order valence-corrected chi connectivity index (χ3v) is 4.03. The van der Waals surface area contributed by atoms with E-state index in [1.165, 1.54) is 6.08 Å². The van der Waals surface area contributed by atoms with Crippen molar-refractivity contribution in [3.05, 3.63) is 12.2 Å². The zero-order valence-electron chi connectivity index (χ0n) is 11.0. The largest absolute Gasteiger partial charge is 0.390 e. The van der Waals surface area contributed by atoms with E-state index < -0.39 is 35.2 Å². The van der Waals surface area contributed by atoms with Crippen molar-refractivity contribution in [1.29, 1.82) is 0 Å². The molecule has 5 atom stereocenters. The first-order valence-corrected chi connectivity index (χ1v) is 6.08. The summed E-state index contributed by atoms with van der Waals surface area (Å²) in [6.07, 6.45) is 0.970. The predicted molar refractivity (Wildman–Crippen MR) is 65.3 cm³/mol. The molecule has 0 aliphatic heterocycles. The number of aliphatic hydroxyl groups is 4. The van der Waals surface area contributed by atoms with Gasteiger partial charge < -0.3 is 20.4 Å². The maximum Gasteiger partial charge on any atom is 0.0931 e. The van der Waals surface area contributed by atoms with Gasteiger partial charge in [-0.15, -0.1) is 0 Å². The Morgan fingerprint density at radius 1 is 1.29 bits per heavy atom. The van der Waals surface area contributed by atoms with Crippen LogP contribution in [0.25, 0.3) is 0 Å². The van der Waals surface area contributed by atoms with Crippen LogP contribution in [0.5, 0.6) is 0 Å². The van der Waals surface area contributed by atoms with Crippen LogP contribution in [0.15, 0.2) is 12.2 Å². The molecular formula is C13H24O4. The van der Waals surface area contributed by atoms with Gasteiger partial charge in [0.25, 0.3) is 0 Å². The summed E-state index contributed by atoms with van der Waals surface area (Å²) in [6.45, 7) is 7.02. The maximum absolute atomic E-state index is 10.7. The molecule has 1 rings (SSSR count). The number of aliphatic hydroxyl groups excluding tert-OH is 3. The fraction of sp³-hybridized carbons (Fsp3) is 0.846. The van der Waals surface area contributed by atoms with Gasteiger partial charge in [-0.25, -0.2) is 0 Å². The molecule has 0 saturated heterocycles. The lowest BCUT2D eigenvalue weighted by atomic mass is 9.58. The summed E-state index contributed by atoms with van der Waals surface area (Å²) < 4.78 is 0. The number of rotatable bonds is 2. The molecule has 1 aliphatic rings. The van der Waals surface area contributed by atoms with Crippen LogP contribution in [0.1, 0.15) is 34.1 Å². The van der Waals surface area contributed by atoms with Gasteiger partial charge in [-0.1, -0.05) is 32.9 Å². The molecule has 17 heavy (non-hydrogen) atoms. The van der Waals surface area contributed by atoms with E-state index in [1.807, 2.05) is 13.8 Å². The van der Waals surface area contributed by atoms with Gasteiger partial charge in [0.1, 0.15) is 0 Å². The van der Waals surface area contributed by atoms with Crippen molar-refractivity contribution in [3.63, 3.8) is 0 Å². The number of hydrogen-bond acceptors (Lipinski definition) is 4. The molecular weight excluding hydrogens is 220 g/mol. The third kappa shape index (κ3) is 2.55. The van der Waals surface area contributed by atoms with Crippen LogP contribution in [0.2, 0.25) is 0 Å². The van der Waals surface area contributed by atoms with Gasteiger partial charge >= 0.3 is 0 Å². The normalized spacial score (nSPS) is 43.9. The highest BCUT2D eigenvalue weighted by atomic mass is 16.3. The van der Waals surface area contributed by atoms with E-state index in [0.717, 1.165) is 0 Å². The second-order valence-electron chi connectivity index (χ2n) is 5.86. The molecule has 1 aliphatic carbocycles. The molecule has 1 fully saturated rings. The second-order valence-corrected chi connectivity index (χ2v) is 5.86. The average molecular weight is 244 g/mol. The van der Waals surface area contributed by atoms with Crippen molar-refractivity contribution in [3.8, 4) is 0 Å². The van der Waals surface area contributed by atoms with Crippen molar-refractivity contribution in [1.82, 2.24) is 0 Å². The first-order chi connectivity index (χ1) is 7.62. The first kappa shape index (κ1) is 14.6. The molecule has 0 aromatic carbocycles. The van der Waals surface area contributed by atoms with Crippen molar-refractivity contribution < 1.29 is 20.4 Å². The Morgan fingerprint density at radius 2 is 1.82 bits per heavy atom. The molecule has 0 aromatic heterocycles. The van der Waals surface area contributed by atoms with Crippen LogP contribution in [0, 0.1) is 11.3 Å². The molecule has 0 spiro atoms. The Hall–Kier alpha value is -0.420. The van der Waals surface area contributed by atoms with Crippen LogP contribution in [0.4, 0.5) is 0 Å². The Labute approximate surface area is 103 Å². The zero-order valence-corrected chi connectivity index (χ0v) is 11.0. The van der Waals surface area contributed by atoms with Crippen LogP contribution in [-0.2, 0) is 0 Å². The zero-order chi connectivity index (χ0) is 13.4. The standard InChI is InChI=1S/C13H24O4/c1-8(14)5-6-13(17)9(2)11(16)10(15)7-12(13,3)4/h5-6,8-11,14-17H,7H2,1-4H3/t8-,9-,10-,11-,13-/m1/s1. The van der Waals surface area contributed by atoms with Crippen molar-refractivity contribution in [2.45, 2.75) is 58.0 Å². The van der Waals surface area contributed by atoms with Crippen molar-refractivity contribution in [2.24, 2.45) is 11.3 Å². The third-order valence-electron chi connectivity index (χ3n) is 4.03. The van der Waals surface area contributed by atoms with Gasteiger partial charge in [0.15, 0.2) is 0 Å². The van der Waals surface area contributed by atoms with E-state index >= 15 is 0 Å². The fourth-order valence-electron chi connectivity index (χ4n) is 2.68. The lowest BCUT2D eigenvalue weighted by molar-refractivity contribution is -0.182. The molecule has 0 aromatic rings. The summed E-state index contributed by atoms with van der Waals surface area (Å²) in [5, 5.41) is 39.6. The van der Waals surface area contributed by atoms with Gasteiger partial charge in [-0.2, -0.15) is 0 Å². The summed E-state index contributed by atoms with van der Waals surface area (Å²) >= 11 is 0. The molecule has 4 heteroatoms. The molecule has 0 heterocycles. The molecule has 0 unspecified atom stereocenters. The van der Waals surface area contributed by atoms with Crippen molar-refractivity contribution in [2.75, 3.05) is 0 Å². The van der Waals surface area contributed by atoms with Gasteiger partial charge in [-0.3, -0.25) is 0 Å².